The number of methoxy groups -OCH3 is 1. The Morgan fingerprint density at radius 1 is 0.804 bits per heavy atom. The first-order valence-corrected chi connectivity index (χ1v) is 18.6. The van der Waals surface area contributed by atoms with E-state index >= 15 is 0 Å². The molecule has 0 saturated carbocycles. The molecule has 6 atom stereocenters. The van der Waals surface area contributed by atoms with Crippen LogP contribution in [0.15, 0.2) is 24.8 Å². The van der Waals surface area contributed by atoms with Crippen LogP contribution in [0.25, 0.3) is 0 Å². The van der Waals surface area contributed by atoms with Crippen molar-refractivity contribution in [2.45, 2.75) is 157 Å². The first-order chi connectivity index (χ1) is 25.5. The zero-order valence-corrected chi connectivity index (χ0v) is 33.3. The predicted molar refractivity (Wildman–Crippen MR) is 211 cm³/mol. The highest BCUT2D eigenvalue weighted by molar-refractivity contribution is 5.76. The standard InChI is InChI=1S/C19H31N3O6.C19H29N3O4.2CH4/c1-13(27-15-8-6-7-11-26-15)16-20-9-10-22(16)14(17(23)25-5)12-21-18(24)28-19(2,3)4;1-6-15(13-21-18(23)26-19(3,4)5)22-11-10-20-17(22)14(2)25-16-9-7-8-12-24-16;;/h9-10,13-15H,6-8,11-12H2,1-5H3,(H,21,24);1,10-11,14-16H,7-9,12-13H2,2-5H3,(H,21,23);2*1H4/t13-,14+,15?;14-,15-,16?;;/m00../s1. The molecule has 2 saturated heterocycles. The van der Waals surface area contributed by atoms with Crippen LogP contribution in [0.3, 0.4) is 0 Å². The van der Waals surface area contributed by atoms with Crippen LogP contribution >= 0.6 is 0 Å². The average Bonchev–Trinajstić information content (AvgIpc) is 3.79. The maximum absolute atomic E-state index is 12.3. The number of nitrogens with zero attached hydrogens (tertiary/aromatic N) is 4. The average molecular weight is 793 g/mol. The minimum Gasteiger partial charge on any atom is -0.467 e. The second kappa shape index (κ2) is 23.8. The fraction of sp³-hybridized carbons (Fsp3) is 0.725. The topological polar surface area (TPSA) is 176 Å². The van der Waals surface area contributed by atoms with Crippen molar-refractivity contribution in [2.75, 3.05) is 33.4 Å². The predicted octanol–water partition coefficient (Wildman–Crippen LogP) is 7.18. The molecule has 2 amide bonds. The maximum Gasteiger partial charge on any atom is 0.407 e. The fourth-order valence-corrected chi connectivity index (χ4v) is 5.68. The van der Waals surface area contributed by atoms with Crippen molar-refractivity contribution < 1.29 is 47.5 Å². The maximum atomic E-state index is 12.3. The molecule has 2 fully saturated rings. The summed E-state index contributed by atoms with van der Waals surface area (Å²) in [5.41, 5.74) is -1.19. The van der Waals surface area contributed by atoms with Crippen molar-refractivity contribution in [1.82, 2.24) is 29.7 Å². The summed E-state index contributed by atoms with van der Waals surface area (Å²) in [6, 6.07) is -1.19. The van der Waals surface area contributed by atoms with Crippen LogP contribution in [0.5, 0.6) is 0 Å². The number of hydrogen-bond donors (Lipinski definition) is 2. The monoisotopic (exact) mass is 792 g/mol. The van der Waals surface area contributed by atoms with E-state index in [0.717, 1.165) is 45.1 Å². The molecule has 0 aromatic carbocycles. The Hall–Kier alpha value is -4.17. The number of alkyl carbamates (subject to hydrolysis) is 2. The van der Waals surface area contributed by atoms with Gasteiger partial charge in [-0.3, -0.25) is 0 Å². The Labute approximate surface area is 334 Å². The van der Waals surface area contributed by atoms with Gasteiger partial charge in [0, 0.05) is 38.0 Å². The number of aromatic nitrogens is 4. The third-order valence-corrected chi connectivity index (χ3v) is 8.13. The number of carbonyl (C=O) groups is 3. The molecule has 2 N–H and O–H groups in total. The van der Waals surface area contributed by atoms with Crippen LogP contribution in [-0.2, 0) is 38.0 Å². The molecule has 16 nitrogen and oxygen atoms in total. The van der Waals surface area contributed by atoms with E-state index in [-0.39, 0.29) is 46.6 Å². The number of imidazole rings is 2. The van der Waals surface area contributed by atoms with Gasteiger partial charge in [-0.25, -0.2) is 24.4 Å². The Bertz CT molecular complexity index is 1500. The normalized spacial score (nSPS) is 19.1. The second-order valence-corrected chi connectivity index (χ2v) is 15.0. The summed E-state index contributed by atoms with van der Waals surface area (Å²) in [4.78, 5) is 44.9. The molecule has 56 heavy (non-hydrogen) atoms. The van der Waals surface area contributed by atoms with E-state index in [1.807, 2.05) is 39.2 Å². The number of esters is 1. The van der Waals surface area contributed by atoms with Gasteiger partial charge in [0.15, 0.2) is 12.6 Å². The second-order valence-electron chi connectivity index (χ2n) is 15.0. The third kappa shape index (κ3) is 16.9. The molecular weight excluding hydrogens is 724 g/mol. The number of hydrogen-bond acceptors (Lipinski definition) is 12. The molecule has 16 heteroatoms. The molecule has 0 radical (unpaired) electrons. The van der Waals surface area contributed by atoms with Crippen molar-refractivity contribution in [2.24, 2.45) is 0 Å². The molecule has 2 aliphatic heterocycles. The highest BCUT2D eigenvalue weighted by atomic mass is 16.7. The van der Waals surface area contributed by atoms with Crippen LogP contribution in [0, 0.1) is 12.3 Å². The number of rotatable bonds is 13. The summed E-state index contributed by atoms with van der Waals surface area (Å²) in [5, 5.41) is 5.32. The van der Waals surface area contributed by atoms with Gasteiger partial charge in [-0.2, -0.15) is 0 Å². The van der Waals surface area contributed by atoms with Gasteiger partial charge >= 0.3 is 18.2 Å². The molecular formula is C40H68N6O10. The van der Waals surface area contributed by atoms with Crippen LogP contribution in [0.2, 0.25) is 0 Å². The van der Waals surface area contributed by atoms with Crippen LogP contribution in [-0.4, -0.2) is 94.5 Å². The largest absolute Gasteiger partial charge is 0.467 e. The van der Waals surface area contributed by atoms with Gasteiger partial charge in [-0.1, -0.05) is 20.8 Å². The molecule has 2 aromatic heterocycles. The Balaban J connectivity index is 0.000000542. The Morgan fingerprint density at radius 3 is 1.66 bits per heavy atom. The smallest absolute Gasteiger partial charge is 0.407 e. The quantitative estimate of drug-likeness (QED) is 0.119. The summed E-state index contributed by atoms with van der Waals surface area (Å²) >= 11 is 0. The SMILES string of the molecule is C.C.C#C[C@@H](CNC(=O)OC(C)(C)C)n1ccnc1[C@H](C)OC1CCCCO1.COC(=O)[C@@H](CNC(=O)OC(C)(C)C)n1ccnc1[C@H](C)OC1CCCCO1. The molecule has 0 bridgehead atoms. The lowest BCUT2D eigenvalue weighted by Gasteiger charge is -2.27. The zero-order valence-electron chi connectivity index (χ0n) is 33.3. The summed E-state index contributed by atoms with van der Waals surface area (Å²) in [7, 11) is 1.30. The first kappa shape index (κ1) is 49.8. The van der Waals surface area contributed by atoms with Crippen molar-refractivity contribution in [3.63, 3.8) is 0 Å². The highest BCUT2D eigenvalue weighted by Crippen LogP contribution is 2.26. The van der Waals surface area contributed by atoms with Gasteiger partial charge in [0.2, 0.25) is 0 Å². The first-order valence-electron chi connectivity index (χ1n) is 18.6. The van der Waals surface area contributed by atoms with Gasteiger partial charge in [0.25, 0.3) is 0 Å². The van der Waals surface area contributed by atoms with Crippen molar-refractivity contribution in [1.29, 1.82) is 0 Å². The summed E-state index contributed by atoms with van der Waals surface area (Å²) in [5.74, 6) is 3.44. The lowest BCUT2D eigenvalue weighted by molar-refractivity contribution is -0.188. The van der Waals surface area contributed by atoms with Gasteiger partial charge in [0.1, 0.15) is 47.1 Å². The third-order valence-electron chi connectivity index (χ3n) is 8.13. The lowest BCUT2D eigenvalue weighted by atomic mass is 10.2. The highest BCUT2D eigenvalue weighted by Gasteiger charge is 2.29. The van der Waals surface area contributed by atoms with E-state index in [1.165, 1.54) is 7.11 Å². The van der Waals surface area contributed by atoms with Crippen LogP contribution in [0.4, 0.5) is 9.59 Å². The molecule has 0 aliphatic carbocycles. The molecule has 2 unspecified atom stereocenters. The number of nitrogens with one attached hydrogen (secondary N) is 2. The van der Waals surface area contributed by atoms with Crippen LogP contribution in [0.1, 0.15) is 145 Å². The molecule has 318 valence electrons. The van der Waals surface area contributed by atoms with Crippen LogP contribution < -0.4 is 10.6 Å². The number of terminal acetylenes is 1. The van der Waals surface area contributed by atoms with E-state index in [0.29, 0.717) is 18.3 Å². The summed E-state index contributed by atoms with van der Waals surface area (Å²) in [6.45, 7) is 16.1. The van der Waals surface area contributed by atoms with Crippen molar-refractivity contribution in [3.05, 3.63) is 36.4 Å². The molecule has 2 aromatic rings. The number of ether oxygens (including phenoxy) is 7. The van der Waals surface area contributed by atoms with Crippen molar-refractivity contribution in [3.8, 4) is 12.3 Å². The molecule has 4 heterocycles. The van der Waals surface area contributed by atoms with Gasteiger partial charge < -0.3 is 52.9 Å². The summed E-state index contributed by atoms with van der Waals surface area (Å²) < 4.78 is 42.0. The molecule has 0 spiro atoms. The van der Waals surface area contributed by atoms with E-state index in [2.05, 4.69) is 26.5 Å². The molecule has 4 rings (SSSR count). The van der Waals surface area contributed by atoms with E-state index in [1.54, 1.807) is 50.1 Å². The Morgan fingerprint density at radius 2 is 1.25 bits per heavy atom. The van der Waals surface area contributed by atoms with Gasteiger partial charge in [-0.15, -0.1) is 6.42 Å². The van der Waals surface area contributed by atoms with E-state index in [9.17, 15) is 14.4 Å². The Kier molecular flexibility index (Phi) is 21.2. The fourth-order valence-electron chi connectivity index (χ4n) is 5.68. The molecule has 2 aliphatic rings. The van der Waals surface area contributed by atoms with Gasteiger partial charge in [-0.05, 0) is 93.9 Å². The van der Waals surface area contributed by atoms with E-state index in [4.69, 9.17) is 39.6 Å². The number of amides is 2. The van der Waals surface area contributed by atoms with E-state index < -0.39 is 47.5 Å². The minimum atomic E-state index is -0.798. The van der Waals surface area contributed by atoms with Gasteiger partial charge in [0.05, 0.1) is 20.2 Å². The lowest BCUT2D eigenvalue weighted by Crippen LogP contribution is -2.39. The number of carbonyl (C=O) groups excluding carboxylic acids is 3. The van der Waals surface area contributed by atoms with Crippen molar-refractivity contribution >= 4 is 18.2 Å². The zero-order chi connectivity index (χ0) is 39.9. The minimum absolute atomic E-state index is 0. The summed E-state index contributed by atoms with van der Waals surface area (Å²) in [6.07, 6.45) is 16.1.